The van der Waals surface area contributed by atoms with E-state index in [-0.39, 0.29) is 0 Å². The maximum Gasteiger partial charge on any atom is 0.407 e. The summed E-state index contributed by atoms with van der Waals surface area (Å²) in [4.78, 5) is 12.6. The van der Waals surface area contributed by atoms with E-state index in [1.54, 1.807) is 0 Å². The molecule has 3 rings (SSSR count). The average Bonchev–Trinajstić information content (AvgIpc) is 2.67. The lowest BCUT2D eigenvalue weighted by Crippen LogP contribution is -2.27. The fourth-order valence-corrected chi connectivity index (χ4v) is 3.07. The van der Waals surface area contributed by atoms with Crippen molar-refractivity contribution in [3.8, 4) is 5.75 Å². The largest absolute Gasteiger partial charge is 0.493 e. The number of hydrogen-bond acceptors (Lipinski definition) is 2. The molecule has 0 radical (unpaired) electrons. The van der Waals surface area contributed by atoms with E-state index < -0.39 is 6.09 Å². The summed E-state index contributed by atoms with van der Waals surface area (Å²) in [6.45, 7) is 3.96. The van der Waals surface area contributed by atoms with Gasteiger partial charge in [0.1, 0.15) is 5.75 Å². The van der Waals surface area contributed by atoms with Crippen molar-refractivity contribution in [2.24, 2.45) is 5.92 Å². The summed E-state index contributed by atoms with van der Waals surface area (Å²) in [7, 11) is 0. The number of fused-ring (bicyclic) bond motifs is 3. The van der Waals surface area contributed by atoms with Gasteiger partial charge in [0.05, 0.1) is 6.61 Å². The standard InChI is InChI=1S/C14H17NO3/c1-9-2-3-11-12-8-15(14(16)17)7-10(12)4-5-18-13(11)6-9/h2-3,6,10,12H,4-5,7-8H2,1H3,(H,16,17)/t10-,12-/m0/s1. The molecule has 2 aliphatic rings. The van der Waals surface area contributed by atoms with Gasteiger partial charge < -0.3 is 14.7 Å². The summed E-state index contributed by atoms with van der Waals surface area (Å²) in [5, 5.41) is 9.12. The molecule has 1 saturated heterocycles. The Bertz CT molecular complexity index is 486. The first kappa shape index (κ1) is 11.4. The van der Waals surface area contributed by atoms with E-state index in [2.05, 4.69) is 18.2 Å². The summed E-state index contributed by atoms with van der Waals surface area (Å²) in [6, 6.07) is 6.23. The number of carboxylic acid groups (broad SMARTS) is 1. The van der Waals surface area contributed by atoms with Gasteiger partial charge in [-0.2, -0.15) is 0 Å². The third-order valence-corrected chi connectivity index (χ3v) is 4.03. The van der Waals surface area contributed by atoms with Gasteiger partial charge in [0.15, 0.2) is 0 Å². The average molecular weight is 247 g/mol. The monoisotopic (exact) mass is 247 g/mol. The predicted octanol–water partition coefficient (Wildman–Crippen LogP) is 2.47. The number of nitrogens with zero attached hydrogens (tertiary/aromatic N) is 1. The molecule has 96 valence electrons. The summed E-state index contributed by atoms with van der Waals surface area (Å²) < 4.78 is 5.80. The van der Waals surface area contributed by atoms with Crippen LogP contribution in [0.4, 0.5) is 4.79 Å². The quantitative estimate of drug-likeness (QED) is 0.766. The molecule has 4 heteroatoms. The van der Waals surface area contributed by atoms with E-state index in [1.807, 2.05) is 6.92 Å². The van der Waals surface area contributed by atoms with Crippen LogP contribution >= 0.6 is 0 Å². The Labute approximate surface area is 106 Å². The van der Waals surface area contributed by atoms with Gasteiger partial charge in [0.25, 0.3) is 0 Å². The van der Waals surface area contributed by atoms with E-state index in [0.717, 1.165) is 12.2 Å². The van der Waals surface area contributed by atoms with Crippen LogP contribution in [0.1, 0.15) is 23.5 Å². The van der Waals surface area contributed by atoms with Crippen molar-refractivity contribution in [3.05, 3.63) is 29.3 Å². The van der Waals surface area contributed by atoms with Crippen molar-refractivity contribution in [3.63, 3.8) is 0 Å². The second kappa shape index (κ2) is 4.19. The zero-order valence-electron chi connectivity index (χ0n) is 10.4. The van der Waals surface area contributed by atoms with E-state index in [0.29, 0.717) is 31.5 Å². The number of ether oxygens (including phenoxy) is 1. The van der Waals surface area contributed by atoms with Gasteiger partial charge in [0.2, 0.25) is 0 Å². The lowest BCUT2D eigenvalue weighted by molar-refractivity contribution is 0.152. The van der Waals surface area contributed by atoms with Crippen molar-refractivity contribution in [2.75, 3.05) is 19.7 Å². The van der Waals surface area contributed by atoms with Crippen LogP contribution < -0.4 is 4.74 Å². The number of carbonyl (C=O) groups is 1. The molecule has 1 N–H and O–H groups in total. The minimum absolute atomic E-state index is 0.291. The second-order valence-electron chi connectivity index (χ2n) is 5.23. The lowest BCUT2D eigenvalue weighted by atomic mass is 9.87. The zero-order valence-corrected chi connectivity index (χ0v) is 10.4. The summed E-state index contributed by atoms with van der Waals surface area (Å²) >= 11 is 0. The van der Waals surface area contributed by atoms with Gasteiger partial charge in [0, 0.05) is 19.0 Å². The Hall–Kier alpha value is -1.71. The molecule has 0 unspecified atom stereocenters. The Balaban J connectivity index is 1.96. The molecule has 18 heavy (non-hydrogen) atoms. The van der Waals surface area contributed by atoms with E-state index in [1.165, 1.54) is 16.0 Å². The van der Waals surface area contributed by atoms with E-state index in [4.69, 9.17) is 9.84 Å². The first-order valence-electron chi connectivity index (χ1n) is 6.36. The molecule has 2 aliphatic heterocycles. The molecule has 1 aromatic rings. The smallest absolute Gasteiger partial charge is 0.407 e. The first-order chi connectivity index (χ1) is 8.65. The molecule has 0 spiro atoms. The second-order valence-corrected chi connectivity index (χ2v) is 5.23. The number of likely N-dealkylation sites (tertiary alicyclic amines) is 1. The Kier molecular flexibility index (Phi) is 2.65. The molecule has 0 bridgehead atoms. The molecular formula is C14H17NO3. The molecule has 0 aliphatic carbocycles. The van der Waals surface area contributed by atoms with Crippen LogP contribution in [0.3, 0.4) is 0 Å². The Morgan fingerprint density at radius 2 is 2.28 bits per heavy atom. The maximum atomic E-state index is 11.1. The van der Waals surface area contributed by atoms with Gasteiger partial charge >= 0.3 is 6.09 Å². The van der Waals surface area contributed by atoms with Crippen LogP contribution in [0, 0.1) is 12.8 Å². The van der Waals surface area contributed by atoms with E-state index in [9.17, 15) is 4.79 Å². The van der Waals surface area contributed by atoms with Crippen molar-refractivity contribution in [1.29, 1.82) is 0 Å². The third kappa shape index (κ3) is 1.82. The highest BCUT2D eigenvalue weighted by atomic mass is 16.5. The van der Waals surface area contributed by atoms with Gasteiger partial charge in [-0.1, -0.05) is 12.1 Å². The topological polar surface area (TPSA) is 49.8 Å². The van der Waals surface area contributed by atoms with Crippen LogP contribution in [-0.2, 0) is 0 Å². The lowest BCUT2D eigenvalue weighted by Gasteiger charge is -2.16. The van der Waals surface area contributed by atoms with Crippen molar-refractivity contribution < 1.29 is 14.6 Å². The zero-order chi connectivity index (χ0) is 12.7. The van der Waals surface area contributed by atoms with E-state index >= 15 is 0 Å². The molecule has 0 aromatic heterocycles. The SMILES string of the molecule is Cc1ccc2c(c1)OCC[C@H]1CN(C(=O)O)C[C@H]21. The molecule has 4 nitrogen and oxygen atoms in total. The Morgan fingerprint density at radius 1 is 1.44 bits per heavy atom. The molecule has 1 fully saturated rings. The molecule has 2 heterocycles. The normalized spacial score (nSPS) is 25.9. The highest BCUT2D eigenvalue weighted by Gasteiger charge is 2.38. The highest BCUT2D eigenvalue weighted by Crippen LogP contribution is 2.41. The number of amides is 1. The van der Waals surface area contributed by atoms with Crippen LogP contribution in [-0.4, -0.2) is 35.8 Å². The van der Waals surface area contributed by atoms with Gasteiger partial charge in [-0.3, -0.25) is 0 Å². The first-order valence-corrected chi connectivity index (χ1v) is 6.36. The fraction of sp³-hybridized carbons (Fsp3) is 0.500. The number of aryl methyl sites for hydroxylation is 1. The maximum absolute atomic E-state index is 11.1. The summed E-state index contributed by atoms with van der Waals surface area (Å²) in [5.74, 6) is 1.62. The van der Waals surface area contributed by atoms with Crippen LogP contribution in [0.25, 0.3) is 0 Å². The number of benzene rings is 1. The highest BCUT2D eigenvalue weighted by molar-refractivity contribution is 5.65. The minimum Gasteiger partial charge on any atom is -0.493 e. The van der Waals surface area contributed by atoms with Crippen molar-refractivity contribution >= 4 is 6.09 Å². The Morgan fingerprint density at radius 3 is 3.06 bits per heavy atom. The van der Waals surface area contributed by atoms with Crippen molar-refractivity contribution in [2.45, 2.75) is 19.3 Å². The van der Waals surface area contributed by atoms with Gasteiger partial charge in [-0.05, 0) is 36.5 Å². The van der Waals surface area contributed by atoms with Crippen LogP contribution in [0.15, 0.2) is 18.2 Å². The van der Waals surface area contributed by atoms with Crippen LogP contribution in [0.5, 0.6) is 5.75 Å². The third-order valence-electron chi connectivity index (χ3n) is 4.03. The molecule has 0 saturated carbocycles. The fourth-order valence-electron chi connectivity index (χ4n) is 3.07. The molecule has 2 atom stereocenters. The van der Waals surface area contributed by atoms with Crippen LogP contribution in [0.2, 0.25) is 0 Å². The molecular weight excluding hydrogens is 230 g/mol. The summed E-state index contributed by atoms with van der Waals surface area (Å²) in [6.07, 6.45) is 0.125. The van der Waals surface area contributed by atoms with Crippen molar-refractivity contribution in [1.82, 2.24) is 4.90 Å². The van der Waals surface area contributed by atoms with Gasteiger partial charge in [-0.25, -0.2) is 4.79 Å². The molecule has 1 amide bonds. The van der Waals surface area contributed by atoms with Gasteiger partial charge in [-0.15, -0.1) is 0 Å². The molecule has 1 aromatic carbocycles. The predicted molar refractivity (Wildman–Crippen MR) is 67.1 cm³/mol. The summed E-state index contributed by atoms with van der Waals surface area (Å²) in [5.41, 5.74) is 2.35. The number of hydrogen-bond donors (Lipinski definition) is 1. The minimum atomic E-state index is -0.808. The number of rotatable bonds is 0.